The van der Waals surface area contributed by atoms with Crippen LogP contribution in [0.3, 0.4) is 0 Å². The van der Waals surface area contributed by atoms with Gasteiger partial charge in [0.15, 0.2) is 0 Å². The largest absolute Gasteiger partial charge is 0.337 e. The second-order valence-electron chi connectivity index (χ2n) is 8.63. The molecule has 8 heteroatoms. The molecule has 2 aromatic carbocycles. The summed E-state index contributed by atoms with van der Waals surface area (Å²) in [7, 11) is 0. The van der Waals surface area contributed by atoms with E-state index in [1.54, 1.807) is 0 Å². The van der Waals surface area contributed by atoms with Gasteiger partial charge in [-0.1, -0.05) is 35.9 Å². The minimum Gasteiger partial charge on any atom is -0.337 e. The molecule has 1 saturated heterocycles. The summed E-state index contributed by atoms with van der Waals surface area (Å²) in [5.41, 5.74) is 9.63. The fourth-order valence-electron chi connectivity index (χ4n) is 4.43. The molecule has 1 unspecified atom stereocenters. The number of halogens is 1. The minimum absolute atomic E-state index is 0.148. The van der Waals surface area contributed by atoms with Gasteiger partial charge in [0, 0.05) is 43.9 Å². The van der Waals surface area contributed by atoms with E-state index in [1.165, 1.54) is 0 Å². The van der Waals surface area contributed by atoms with E-state index in [0.29, 0.717) is 36.8 Å². The van der Waals surface area contributed by atoms with Gasteiger partial charge in [-0.2, -0.15) is 5.26 Å². The van der Waals surface area contributed by atoms with Crippen molar-refractivity contribution in [1.29, 1.82) is 5.26 Å². The first-order valence-corrected chi connectivity index (χ1v) is 11.9. The standard InChI is InChI=1S/C26H29ClN6O/c27-23-4-1-3-22(13-23)17-32-12-9-25(26(32)34)31(11-2-10-28)18-24-15-30-19-33(24)16-21-7-5-20(14-29)6-8-21/h1,3-8,13,15,19,25H,2,9-12,16-18,28H2. The van der Waals surface area contributed by atoms with Gasteiger partial charge in [-0.3, -0.25) is 9.69 Å². The molecule has 1 amide bonds. The third kappa shape index (κ3) is 5.84. The number of aromatic nitrogens is 2. The fourth-order valence-corrected chi connectivity index (χ4v) is 4.64. The summed E-state index contributed by atoms with van der Waals surface area (Å²) in [5, 5.41) is 9.70. The molecule has 1 aliphatic rings. The van der Waals surface area contributed by atoms with Crippen LogP contribution in [0.15, 0.2) is 61.1 Å². The van der Waals surface area contributed by atoms with E-state index in [2.05, 4.69) is 20.5 Å². The summed E-state index contributed by atoms with van der Waals surface area (Å²) >= 11 is 6.12. The second kappa shape index (κ2) is 11.3. The highest BCUT2D eigenvalue weighted by Crippen LogP contribution is 2.23. The highest BCUT2D eigenvalue weighted by atomic mass is 35.5. The lowest BCUT2D eigenvalue weighted by atomic mass is 10.1. The Kier molecular flexibility index (Phi) is 7.96. The zero-order chi connectivity index (χ0) is 23.9. The summed E-state index contributed by atoms with van der Waals surface area (Å²) in [5.74, 6) is 0.148. The maximum atomic E-state index is 13.3. The maximum Gasteiger partial charge on any atom is 0.240 e. The predicted molar refractivity (Wildman–Crippen MR) is 132 cm³/mol. The first kappa shape index (κ1) is 24.0. The van der Waals surface area contributed by atoms with Gasteiger partial charge < -0.3 is 15.2 Å². The van der Waals surface area contributed by atoms with Crippen LogP contribution in [0.25, 0.3) is 0 Å². The molecule has 0 radical (unpaired) electrons. The average molecular weight is 477 g/mol. The van der Waals surface area contributed by atoms with Crippen molar-refractivity contribution in [3.8, 4) is 6.07 Å². The number of likely N-dealkylation sites (tertiary alicyclic amines) is 1. The first-order chi connectivity index (χ1) is 16.6. The van der Waals surface area contributed by atoms with Crippen LogP contribution in [0.2, 0.25) is 5.02 Å². The molecule has 0 saturated carbocycles. The fraction of sp³-hybridized carbons (Fsp3) is 0.346. The van der Waals surface area contributed by atoms with E-state index in [9.17, 15) is 4.79 Å². The number of hydrogen-bond donors (Lipinski definition) is 1. The molecule has 1 aromatic heterocycles. The number of benzene rings is 2. The zero-order valence-corrected chi connectivity index (χ0v) is 19.9. The van der Waals surface area contributed by atoms with Crippen molar-refractivity contribution in [2.24, 2.45) is 5.73 Å². The maximum absolute atomic E-state index is 13.3. The Morgan fingerprint density at radius 1 is 1.18 bits per heavy atom. The van der Waals surface area contributed by atoms with E-state index in [1.807, 2.05) is 66.0 Å². The highest BCUT2D eigenvalue weighted by molar-refractivity contribution is 6.30. The molecule has 1 atom stereocenters. The van der Waals surface area contributed by atoms with Gasteiger partial charge in [-0.15, -0.1) is 0 Å². The monoisotopic (exact) mass is 476 g/mol. The Hall–Kier alpha value is -3.18. The molecule has 1 fully saturated rings. The van der Waals surface area contributed by atoms with Crippen molar-refractivity contribution < 1.29 is 4.79 Å². The number of imidazole rings is 1. The molecular weight excluding hydrogens is 448 g/mol. The topological polar surface area (TPSA) is 91.2 Å². The van der Waals surface area contributed by atoms with Crippen LogP contribution in [0.4, 0.5) is 0 Å². The molecule has 2 N–H and O–H groups in total. The van der Waals surface area contributed by atoms with Crippen LogP contribution in [-0.4, -0.2) is 50.9 Å². The highest BCUT2D eigenvalue weighted by Gasteiger charge is 2.36. The van der Waals surface area contributed by atoms with Gasteiger partial charge in [0.2, 0.25) is 5.91 Å². The smallest absolute Gasteiger partial charge is 0.240 e. The quantitative estimate of drug-likeness (QED) is 0.484. The summed E-state index contributed by atoms with van der Waals surface area (Å²) in [6.45, 7) is 3.90. The number of carbonyl (C=O) groups excluding carboxylic acids is 1. The molecule has 176 valence electrons. The van der Waals surface area contributed by atoms with Crippen molar-refractivity contribution >= 4 is 17.5 Å². The molecular formula is C26H29ClN6O. The Morgan fingerprint density at radius 2 is 2.00 bits per heavy atom. The Morgan fingerprint density at radius 3 is 2.74 bits per heavy atom. The lowest BCUT2D eigenvalue weighted by Crippen LogP contribution is -2.42. The lowest BCUT2D eigenvalue weighted by molar-refractivity contribution is -0.132. The number of hydrogen-bond acceptors (Lipinski definition) is 5. The molecule has 34 heavy (non-hydrogen) atoms. The number of nitriles is 1. The number of carbonyl (C=O) groups is 1. The number of nitrogens with zero attached hydrogens (tertiary/aromatic N) is 5. The summed E-state index contributed by atoms with van der Waals surface area (Å²) in [4.78, 5) is 21.8. The van der Waals surface area contributed by atoms with E-state index >= 15 is 0 Å². The van der Waals surface area contributed by atoms with Crippen LogP contribution in [0.1, 0.15) is 35.2 Å². The van der Waals surface area contributed by atoms with Crippen LogP contribution in [0, 0.1) is 11.3 Å². The first-order valence-electron chi connectivity index (χ1n) is 11.5. The third-order valence-electron chi connectivity index (χ3n) is 6.22. The molecule has 3 aromatic rings. The van der Waals surface area contributed by atoms with E-state index < -0.39 is 0 Å². The van der Waals surface area contributed by atoms with Crippen LogP contribution >= 0.6 is 11.6 Å². The Labute approximate surface area is 205 Å². The molecule has 0 bridgehead atoms. The van der Waals surface area contributed by atoms with Crippen LogP contribution < -0.4 is 5.73 Å². The van der Waals surface area contributed by atoms with E-state index in [0.717, 1.165) is 42.8 Å². The summed E-state index contributed by atoms with van der Waals surface area (Å²) < 4.78 is 2.10. The Bertz CT molecular complexity index is 1150. The molecule has 1 aliphatic heterocycles. The van der Waals surface area contributed by atoms with Gasteiger partial charge in [0.25, 0.3) is 0 Å². The second-order valence-corrected chi connectivity index (χ2v) is 9.06. The molecule has 0 aliphatic carbocycles. The van der Waals surface area contributed by atoms with Gasteiger partial charge in [-0.25, -0.2) is 4.98 Å². The average Bonchev–Trinajstić information content (AvgIpc) is 3.43. The van der Waals surface area contributed by atoms with Crippen molar-refractivity contribution in [1.82, 2.24) is 19.4 Å². The van der Waals surface area contributed by atoms with Crippen molar-refractivity contribution in [2.75, 3.05) is 19.6 Å². The van der Waals surface area contributed by atoms with Crippen molar-refractivity contribution in [3.63, 3.8) is 0 Å². The number of rotatable bonds is 10. The zero-order valence-electron chi connectivity index (χ0n) is 19.1. The van der Waals surface area contributed by atoms with E-state index in [-0.39, 0.29) is 11.9 Å². The van der Waals surface area contributed by atoms with Crippen LogP contribution in [0.5, 0.6) is 0 Å². The SMILES string of the molecule is N#Cc1ccc(Cn2cncc2CN(CCCN)C2CCN(Cc3cccc(Cl)c3)C2=O)cc1. The van der Waals surface area contributed by atoms with Gasteiger partial charge in [-0.05, 0) is 54.8 Å². The van der Waals surface area contributed by atoms with Crippen molar-refractivity contribution in [3.05, 3.63) is 88.5 Å². The number of amides is 1. The summed E-state index contributed by atoms with van der Waals surface area (Å²) in [6.07, 6.45) is 5.29. The molecule has 4 rings (SSSR count). The van der Waals surface area contributed by atoms with Crippen LogP contribution in [-0.2, 0) is 24.4 Å². The van der Waals surface area contributed by atoms with Gasteiger partial charge >= 0.3 is 0 Å². The van der Waals surface area contributed by atoms with Gasteiger partial charge in [0.1, 0.15) is 0 Å². The number of nitrogens with two attached hydrogens (primary N) is 1. The molecule has 0 spiro atoms. The lowest BCUT2D eigenvalue weighted by Gasteiger charge is -2.28. The minimum atomic E-state index is -0.177. The van der Waals surface area contributed by atoms with Crippen molar-refractivity contribution in [2.45, 2.75) is 38.5 Å². The predicted octanol–water partition coefficient (Wildman–Crippen LogP) is 3.41. The molecule has 7 nitrogen and oxygen atoms in total. The normalized spacial score (nSPS) is 15.8. The van der Waals surface area contributed by atoms with E-state index in [4.69, 9.17) is 22.6 Å². The Balaban J connectivity index is 1.46. The third-order valence-corrected chi connectivity index (χ3v) is 6.46. The molecule has 2 heterocycles. The van der Waals surface area contributed by atoms with Gasteiger partial charge in [0.05, 0.1) is 29.7 Å². The summed E-state index contributed by atoms with van der Waals surface area (Å²) in [6, 6.07) is 17.2.